The summed E-state index contributed by atoms with van der Waals surface area (Å²) in [5.41, 5.74) is 6.32. The number of benzene rings is 1. The quantitative estimate of drug-likeness (QED) is 0.464. The molecule has 0 saturated heterocycles. The van der Waals surface area contributed by atoms with Gasteiger partial charge in [0.25, 0.3) is 0 Å². The number of carbonyl (C=O) groups excluding carboxylic acids is 3. The fraction of sp³-hybridized carbons (Fsp3) is 0.471. The lowest BCUT2D eigenvalue weighted by Crippen LogP contribution is -2.47. The molecule has 0 radical (unpaired) electrons. The van der Waals surface area contributed by atoms with E-state index in [1.807, 2.05) is 13.8 Å². The number of halogens is 1. The van der Waals surface area contributed by atoms with Crippen LogP contribution in [0, 0.1) is 5.92 Å². The number of hydrogen-bond donors (Lipinski definition) is 4. The Morgan fingerprint density at radius 1 is 1.19 bits per heavy atom. The Morgan fingerprint density at radius 3 is 2.50 bits per heavy atom. The van der Waals surface area contributed by atoms with Gasteiger partial charge in [-0.05, 0) is 18.1 Å². The van der Waals surface area contributed by atoms with Gasteiger partial charge in [0.1, 0.15) is 12.4 Å². The Morgan fingerprint density at radius 2 is 1.88 bits per heavy atom. The number of nitrogens with one attached hydrogen (secondary N) is 3. The molecule has 8 nitrogen and oxygen atoms in total. The van der Waals surface area contributed by atoms with E-state index in [-0.39, 0.29) is 55.7 Å². The van der Waals surface area contributed by atoms with Crippen molar-refractivity contribution in [2.24, 2.45) is 11.7 Å². The smallest absolute Gasteiger partial charge is 0.239 e. The van der Waals surface area contributed by atoms with Gasteiger partial charge >= 0.3 is 0 Å². The molecule has 0 heterocycles. The topological polar surface area (TPSA) is 123 Å². The van der Waals surface area contributed by atoms with E-state index in [0.29, 0.717) is 11.4 Å². The van der Waals surface area contributed by atoms with Crippen molar-refractivity contribution in [1.29, 1.82) is 0 Å². The van der Waals surface area contributed by atoms with E-state index in [4.69, 9.17) is 10.5 Å². The van der Waals surface area contributed by atoms with Crippen molar-refractivity contribution in [3.05, 3.63) is 24.3 Å². The minimum absolute atomic E-state index is 0. The minimum Gasteiger partial charge on any atom is -0.492 e. The second-order valence-electron chi connectivity index (χ2n) is 5.90. The molecule has 0 unspecified atom stereocenters. The highest BCUT2D eigenvalue weighted by Crippen LogP contribution is 2.16. The number of nitrogens with two attached hydrogens (primary N) is 1. The summed E-state index contributed by atoms with van der Waals surface area (Å²) in [4.78, 5) is 34.3. The van der Waals surface area contributed by atoms with Gasteiger partial charge in [-0.25, -0.2) is 0 Å². The SMILES string of the molecule is CC(=O)Nc1cccc(OCCNC(=O)CNC(=O)[C@@H](N)C(C)C)c1.Cl. The molecular weight excluding hydrogens is 360 g/mol. The van der Waals surface area contributed by atoms with E-state index in [2.05, 4.69) is 16.0 Å². The summed E-state index contributed by atoms with van der Waals surface area (Å²) >= 11 is 0. The summed E-state index contributed by atoms with van der Waals surface area (Å²) in [6.07, 6.45) is 0. The first kappa shape index (κ1) is 23.7. The van der Waals surface area contributed by atoms with Crippen LogP contribution in [0.15, 0.2) is 24.3 Å². The third kappa shape index (κ3) is 9.24. The lowest BCUT2D eigenvalue weighted by molar-refractivity contribution is -0.127. The van der Waals surface area contributed by atoms with Crippen molar-refractivity contribution in [3.8, 4) is 5.75 Å². The molecule has 0 fully saturated rings. The van der Waals surface area contributed by atoms with E-state index in [1.165, 1.54) is 6.92 Å². The van der Waals surface area contributed by atoms with Crippen molar-refractivity contribution >= 4 is 35.8 Å². The maximum Gasteiger partial charge on any atom is 0.239 e. The number of carbonyl (C=O) groups is 3. The first-order valence-electron chi connectivity index (χ1n) is 8.10. The number of amides is 3. The molecule has 0 aromatic heterocycles. The van der Waals surface area contributed by atoms with E-state index in [1.54, 1.807) is 24.3 Å². The molecule has 1 aromatic rings. The number of rotatable bonds is 9. The third-order valence-electron chi connectivity index (χ3n) is 3.29. The van der Waals surface area contributed by atoms with E-state index >= 15 is 0 Å². The predicted molar refractivity (Wildman–Crippen MR) is 102 cm³/mol. The van der Waals surface area contributed by atoms with Gasteiger partial charge < -0.3 is 26.4 Å². The molecule has 146 valence electrons. The van der Waals surface area contributed by atoms with Gasteiger partial charge in [0, 0.05) is 18.7 Å². The maximum absolute atomic E-state index is 11.7. The molecule has 0 aliphatic rings. The summed E-state index contributed by atoms with van der Waals surface area (Å²) in [5, 5.41) is 7.78. The van der Waals surface area contributed by atoms with Crippen LogP contribution in [-0.4, -0.2) is 43.5 Å². The fourth-order valence-electron chi connectivity index (χ4n) is 1.88. The lowest BCUT2D eigenvalue weighted by Gasteiger charge is -2.15. The first-order chi connectivity index (χ1) is 11.8. The van der Waals surface area contributed by atoms with Crippen LogP contribution >= 0.6 is 12.4 Å². The van der Waals surface area contributed by atoms with Crippen LogP contribution in [-0.2, 0) is 14.4 Å². The van der Waals surface area contributed by atoms with Gasteiger partial charge in [-0.15, -0.1) is 12.4 Å². The summed E-state index contributed by atoms with van der Waals surface area (Å²) in [7, 11) is 0. The standard InChI is InChI=1S/C17H26N4O4.ClH/c1-11(2)16(18)17(24)20-10-15(23)19-7-8-25-14-6-4-5-13(9-14)21-12(3)22;/h4-6,9,11,16H,7-8,10,18H2,1-3H3,(H,19,23)(H,20,24)(H,21,22);1H/t16-;/m0./s1. The second kappa shape index (κ2) is 12.1. The van der Waals surface area contributed by atoms with Gasteiger partial charge in [0.05, 0.1) is 19.1 Å². The Kier molecular flexibility index (Phi) is 11.0. The Hall–Kier alpha value is -2.32. The summed E-state index contributed by atoms with van der Waals surface area (Å²) < 4.78 is 5.50. The highest BCUT2D eigenvalue weighted by molar-refractivity contribution is 5.89. The molecule has 0 aliphatic carbocycles. The molecule has 26 heavy (non-hydrogen) atoms. The molecule has 9 heteroatoms. The molecule has 5 N–H and O–H groups in total. The number of hydrogen-bond acceptors (Lipinski definition) is 5. The van der Waals surface area contributed by atoms with Crippen molar-refractivity contribution in [2.75, 3.05) is 25.0 Å². The van der Waals surface area contributed by atoms with Gasteiger partial charge in [0.2, 0.25) is 17.7 Å². The Balaban J connectivity index is 0.00000625. The molecule has 0 bridgehead atoms. The minimum atomic E-state index is -0.632. The molecule has 0 spiro atoms. The fourth-order valence-corrected chi connectivity index (χ4v) is 1.88. The van der Waals surface area contributed by atoms with Gasteiger partial charge in [-0.1, -0.05) is 19.9 Å². The van der Waals surface area contributed by atoms with Gasteiger partial charge in [-0.2, -0.15) is 0 Å². The van der Waals surface area contributed by atoms with Crippen LogP contribution in [0.25, 0.3) is 0 Å². The van der Waals surface area contributed by atoms with Crippen LogP contribution in [0.4, 0.5) is 5.69 Å². The Labute approximate surface area is 159 Å². The van der Waals surface area contributed by atoms with Crippen molar-refractivity contribution in [2.45, 2.75) is 26.8 Å². The highest BCUT2D eigenvalue weighted by atomic mass is 35.5. The van der Waals surface area contributed by atoms with Crippen LogP contribution in [0.3, 0.4) is 0 Å². The van der Waals surface area contributed by atoms with E-state index < -0.39 is 6.04 Å². The zero-order valence-electron chi connectivity index (χ0n) is 15.2. The molecule has 1 atom stereocenters. The summed E-state index contributed by atoms with van der Waals surface area (Å²) in [6.45, 7) is 5.52. The molecule has 3 amide bonds. The predicted octanol–water partition coefficient (Wildman–Crippen LogP) is 0.661. The number of ether oxygens (including phenoxy) is 1. The largest absolute Gasteiger partial charge is 0.492 e. The number of anilines is 1. The molecule has 0 aliphatic heterocycles. The third-order valence-corrected chi connectivity index (χ3v) is 3.29. The molecule has 0 saturated carbocycles. The normalized spacial score (nSPS) is 11.1. The van der Waals surface area contributed by atoms with Crippen molar-refractivity contribution < 1.29 is 19.1 Å². The molecule has 1 aromatic carbocycles. The lowest BCUT2D eigenvalue weighted by atomic mass is 10.1. The first-order valence-corrected chi connectivity index (χ1v) is 8.10. The van der Waals surface area contributed by atoms with Crippen molar-refractivity contribution in [1.82, 2.24) is 10.6 Å². The zero-order chi connectivity index (χ0) is 18.8. The molecular formula is C17H27ClN4O4. The maximum atomic E-state index is 11.7. The summed E-state index contributed by atoms with van der Waals surface area (Å²) in [6, 6.07) is 6.32. The average Bonchev–Trinajstić information content (AvgIpc) is 2.55. The van der Waals surface area contributed by atoms with E-state index in [0.717, 1.165) is 0 Å². The highest BCUT2D eigenvalue weighted by Gasteiger charge is 2.17. The zero-order valence-corrected chi connectivity index (χ0v) is 16.0. The van der Waals surface area contributed by atoms with Crippen LogP contribution in [0.5, 0.6) is 5.75 Å². The van der Waals surface area contributed by atoms with Crippen molar-refractivity contribution in [3.63, 3.8) is 0 Å². The average molecular weight is 387 g/mol. The summed E-state index contributed by atoms with van der Waals surface area (Å²) in [5.74, 6) is -0.249. The Bertz CT molecular complexity index is 610. The van der Waals surface area contributed by atoms with E-state index in [9.17, 15) is 14.4 Å². The molecule has 1 rings (SSSR count). The van der Waals surface area contributed by atoms with Crippen LogP contribution in [0.2, 0.25) is 0 Å². The second-order valence-corrected chi connectivity index (χ2v) is 5.90. The van der Waals surface area contributed by atoms with Crippen LogP contribution in [0.1, 0.15) is 20.8 Å². The van der Waals surface area contributed by atoms with Gasteiger partial charge in [-0.3, -0.25) is 14.4 Å². The van der Waals surface area contributed by atoms with Gasteiger partial charge in [0.15, 0.2) is 0 Å². The van der Waals surface area contributed by atoms with Crippen LogP contribution < -0.4 is 26.4 Å². The monoisotopic (exact) mass is 386 g/mol.